The third kappa shape index (κ3) is 2.33. The van der Waals surface area contributed by atoms with Gasteiger partial charge in [0.25, 0.3) is 0 Å². The minimum absolute atomic E-state index is 0.771. The third-order valence-corrected chi connectivity index (χ3v) is 4.57. The van der Waals surface area contributed by atoms with Gasteiger partial charge in [0.2, 0.25) is 0 Å². The Labute approximate surface area is 126 Å². The van der Waals surface area contributed by atoms with Gasteiger partial charge in [0.05, 0.1) is 21.9 Å². The lowest BCUT2D eigenvalue weighted by molar-refractivity contribution is 0.590. The van der Waals surface area contributed by atoms with Crippen molar-refractivity contribution in [1.82, 2.24) is 10.3 Å². The fourth-order valence-corrected chi connectivity index (χ4v) is 3.24. The van der Waals surface area contributed by atoms with E-state index in [0.29, 0.717) is 0 Å². The second-order valence-corrected chi connectivity index (χ2v) is 5.97. The van der Waals surface area contributed by atoms with Crippen LogP contribution in [0.1, 0.15) is 5.69 Å². The first kappa shape index (κ1) is 13.2. The first-order valence-corrected chi connectivity index (χ1v) is 7.55. The highest BCUT2D eigenvalue weighted by molar-refractivity contribution is 9.10. The van der Waals surface area contributed by atoms with Crippen molar-refractivity contribution in [2.24, 2.45) is 0 Å². The summed E-state index contributed by atoms with van der Waals surface area (Å²) >= 11 is 10.1. The minimum atomic E-state index is 0.771. The number of nitrogens with zero attached hydrogens (tertiary/aromatic N) is 2. The zero-order valence-corrected chi connectivity index (χ0v) is 13.1. The number of nitrogens with one attached hydrogen (secondary N) is 1. The second kappa shape index (κ2) is 5.27. The van der Waals surface area contributed by atoms with E-state index in [2.05, 4.69) is 37.2 Å². The van der Waals surface area contributed by atoms with E-state index in [1.165, 1.54) is 0 Å². The smallest absolute Gasteiger partial charge is 0.0869 e. The van der Waals surface area contributed by atoms with Crippen LogP contribution in [0, 0.1) is 6.92 Å². The van der Waals surface area contributed by atoms with Gasteiger partial charge in [-0.3, -0.25) is 4.98 Å². The number of para-hydroxylation sites is 1. The molecule has 2 heterocycles. The number of halogens is 2. The molecule has 0 saturated carbocycles. The maximum atomic E-state index is 6.52. The molecule has 1 aliphatic rings. The Bertz CT molecular complexity index is 624. The zero-order valence-electron chi connectivity index (χ0n) is 10.7. The second-order valence-electron chi connectivity index (χ2n) is 4.73. The van der Waals surface area contributed by atoms with Crippen molar-refractivity contribution < 1.29 is 0 Å². The van der Waals surface area contributed by atoms with Crippen molar-refractivity contribution in [3.8, 4) is 0 Å². The number of pyridine rings is 1. The summed E-state index contributed by atoms with van der Waals surface area (Å²) in [4.78, 5) is 6.96. The summed E-state index contributed by atoms with van der Waals surface area (Å²) in [5.41, 5.74) is 2.99. The van der Waals surface area contributed by atoms with Crippen LogP contribution >= 0.6 is 27.5 Å². The number of aryl methyl sites for hydroxylation is 1. The molecule has 5 heteroatoms. The van der Waals surface area contributed by atoms with Gasteiger partial charge in [0, 0.05) is 36.0 Å². The van der Waals surface area contributed by atoms with Gasteiger partial charge in [0.1, 0.15) is 0 Å². The van der Waals surface area contributed by atoms with Crippen molar-refractivity contribution >= 4 is 44.1 Å². The van der Waals surface area contributed by atoms with Gasteiger partial charge in [-0.15, -0.1) is 0 Å². The zero-order chi connectivity index (χ0) is 13.4. The van der Waals surface area contributed by atoms with Gasteiger partial charge in [-0.25, -0.2) is 0 Å². The maximum absolute atomic E-state index is 6.52. The Morgan fingerprint density at radius 3 is 2.79 bits per heavy atom. The number of hydrogen-bond donors (Lipinski definition) is 1. The maximum Gasteiger partial charge on any atom is 0.0869 e. The molecular weight excluding hydrogens is 326 g/mol. The lowest BCUT2D eigenvalue weighted by Crippen LogP contribution is -2.43. The van der Waals surface area contributed by atoms with E-state index in [0.717, 1.165) is 58.0 Å². The largest absolute Gasteiger partial charge is 0.367 e. The Morgan fingerprint density at radius 2 is 2.05 bits per heavy atom. The standard InChI is InChI=1S/C14H15BrClN3/c1-9-12(16)14(19-7-5-17-6-8-19)10-3-2-4-11(15)13(10)18-9/h2-4,17H,5-8H2,1H3. The van der Waals surface area contributed by atoms with E-state index >= 15 is 0 Å². The summed E-state index contributed by atoms with van der Waals surface area (Å²) in [5, 5.41) is 5.26. The molecule has 0 spiro atoms. The van der Waals surface area contributed by atoms with Crippen molar-refractivity contribution in [1.29, 1.82) is 0 Å². The van der Waals surface area contributed by atoms with Crippen LogP contribution in [0.2, 0.25) is 5.02 Å². The third-order valence-electron chi connectivity index (χ3n) is 3.48. The van der Waals surface area contributed by atoms with Crippen molar-refractivity contribution in [2.45, 2.75) is 6.92 Å². The molecule has 0 bridgehead atoms. The molecule has 1 aromatic heterocycles. The number of fused-ring (bicyclic) bond motifs is 1. The molecule has 2 aromatic rings. The molecule has 19 heavy (non-hydrogen) atoms. The lowest BCUT2D eigenvalue weighted by atomic mass is 10.1. The van der Waals surface area contributed by atoms with Crippen LogP contribution in [0.4, 0.5) is 5.69 Å². The Kier molecular flexibility index (Phi) is 3.65. The quantitative estimate of drug-likeness (QED) is 0.863. The molecule has 0 unspecified atom stereocenters. The first-order chi connectivity index (χ1) is 9.18. The van der Waals surface area contributed by atoms with Crippen LogP contribution in [0.3, 0.4) is 0 Å². The summed E-state index contributed by atoms with van der Waals surface area (Å²) in [7, 11) is 0. The number of rotatable bonds is 1. The average Bonchev–Trinajstić information content (AvgIpc) is 2.42. The molecule has 0 radical (unpaired) electrons. The predicted molar refractivity (Wildman–Crippen MR) is 84.3 cm³/mol. The van der Waals surface area contributed by atoms with Gasteiger partial charge >= 0.3 is 0 Å². The molecule has 3 rings (SSSR count). The number of aromatic nitrogens is 1. The number of benzene rings is 1. The molecule has 1 fully saturated rings. The van der Waals surface area contributed by atoms with E-state index < -0.39 is 0 Å². The Balaban J connectivity index is 2.25. The highest BCUT2D eigenvalue weighted by Gasteiger charge is 2.19. The molecule has 1 saturated heterocycles. The van der Waals surface area contributed by atoms with E-state index in [4.69, 9.17) is 11.6 Å². The van der Waals surface area contributed by atoms with Crippen molar-refractivity contribution in [2.75, 3.05) is 31.1 Å². The molecule has 100 valence electrons. The summed E-state index contributed by atoms with van der Waals surface area (Å²) in [6.07, 6.45) is 0. The summed E-state index contributed by atoms with van der Waals surface area (Å²) < 4.78 is 1.01. The minimum Gasteiger partial charge on any atom is -0.367 e. The molecule has 1 aromatic carbocycles. The average molecular weight is 341 g/mol. The topological polar surface area (TPSA) is 28.2 Å². The van der Waals surface area contributed by atoms with Gasteiger partial charge in [-0.2, -0.15) is 0 Å². The Morgan fingerprint density at radius 1 is 1.32 bits per heavy atom. The van der Waals surface area contributed by atoms with E-state index in [9.17, 15) is 0 Å². The van der Waals surface area contributed by atoms with Gasteiger partial charge in [-0.05, 0) is 28.9 Å². The molecule has 0 aliphatic carbocycles. The highest BCUT2D eigenvalue weighted by Crippen LogP contribution is 2.37. The SMILES string of the molecule is Cc1nc2c(Br)cccc2c(N2CCNCC2)c1Cl. The molecule has 1 aliphatic heterocycles. The van der Waals surface area contributed by atoms with Gasteiger partial charge in [0.15, 0.2) is 0 Å². The number of piperazine rings is 1. The highest BCUT2D eigenvalue weighted by atomic mass is 79.9. The van der Waals surface area contributed by atoms with Crippen LogP contribution in [0.5, 0.6) is 0 Å². The Hall–Kier alpha value is -0.840. The lowest BCUT2D eigenvalue weighted by Gasteiger charge is -2.31. The van der Waals surface area contributed by atoms with Crippen LogP contribution in [0.15, 0.2) is 22.7 Å². The molecule has 3 nitrogen and oxygen atoms in total. The first-order valence-electron chi connectivity index (χ1n) is 6.38. The normalized spacial score (nSPS) is 16.1. The van der Waals surface area contributed by atoms with E-state index in [1.807, 2.05) is 19.1 Å². The predicted octanol–water partition coefficient (Wildman–Crippen LogP) is 3.37. The van der Waals surface area contributed by atoms with Crippen LogP contribution in [-0.2, 0) is 0 Å². The molecule has 1 N–H and O–H groups in total. The summed E-state index contributed by atoms with van der Waals surface area (Å²) in [6.45, 7) is 5.91. The molecule has 0 atom stereocenters. The monoisotopic (exact) mass is 339 g/mol. The van der Waals surface area contributed by atoms with Gasteiger partial charge < -0.3 is 10.2 Å². The molecule has 0 amide bonds. The van der Waals surface area contributed by atoms with E-state index in [1.54, 1.807) is 0 Å². The molecular formula is C14H15BrClN3. The van der Waals surface area contributed by atoms with Crippen molar-refractivity contribution in [3.05, 3.63) is 33.4 Å². The number of hydrogen-bond acceptors (Lipinski definition) is 3. The fraction of sp³-hybridized carbons (Fsp3) is 0.357. The van der Waals surface area contributed by atoms with Crippen LogP contribution in [0.25, 0.3) is 10.9 Å². The summed E-state index contributed by atoms with van der Waals surface area (Å²) in [5.74, 6) is 0. The summed E-state index contributed by atoms with van der Waals surface area (Å²) in [6, 6.07) is 6.14. The number of anilines is 1. The van der Waals surface area contributed by atoms with E-state index in [-0.39, 0.29) is 0 Å². The van der Waals surface area contributed by atoms with Gasteiger partial charge in [-0.1, -0.05) is 23.7 Å². The van der Waals surface area contributed by atoms with Crippen LogP contribution < -0.4 is 10.2 Å². The fourth-order valence-electron chi connectivity index (χ4n) is 2.52. The van der Waals surface area contributed by atoms with Crippen LogP contribution in [-0.4, -0.2) is 31.2 Å². The van der Waals surface area contributed by atoms with Crippen molar-refractivity contribution in [3.63, 3.8) is 0 Å².